The number of methoxy groups -OCH3 is 3. The second kappa shape index (κ2) is 9.12. The topological polar surface area (TPSA) is 91.5 Å². The van der Waals surface area contributed by atoms with Crippen molar-refractivity contribution in [3.63, 3.8) is 0 Å². The van der Waals surface area contributed by atoms with Crippen molar-refractivity contribution in [1.82, 2.24) is 15.5 Å². The van der Waals surface area contributed by atoms with Crippen molar-refractivity contribution in [2.45, 2.75) is 44.0 Å². The monoisotopic (exact) mass is 372 g/mol. The molecule has 0 saturated heterocycles. The highest BCUT2D eigenvalue weighted by Gasteiger charge is 2.27. The van der Waals surface area contributed by atoms with Crippen LogP contribution in [0, 0.1) is 0 Å². The molecule has 0 unspecified atom stereocenters. The summed E-state index contributed by atoms with van der Waals surface area (Å²) in [6.07, 6.45) is 3.22. The van der Waals surface area contributed by atoms with Crippen molar-refractivity contribution >= 4 is 0 Å². The highest BCUT2D eigenvalue weighted by Crippen LogP contribution is 2.28. The zero-order chi connectivity index (χ0) is 19.2. The quantitative estimate of drug-likeness (QED) is 0.769. The SMILES string of the molecule is COc1cc(-c2ccc(CN[C@H]3CC[C@H](OC)[C@@H](N)C3)cc2)nnc1OC. The second-order valence-electron chi connectivity index (χ2n) is 6.83. The van der Waals surface area contributed by atoms with Gasteiger partial charge in [0, 0.05) is 37.4 Å². The molecular weight excluding hydrogens is 344 g/mol. The van der Waals surface area contributed by atoms with Crippen molar-refractivity contribution in [3.8, 4) is 22.9 Å². The van der Waals surface area contributed by atoms with E-state index in [2.05, 4.69) is 27.6 Å². The fourth-order valence-corrected chi connectivity index (χ4v) is 3.50. The van der Waals surface area contributed by atoms with Gasteiger partial charge in [-0.3, -0.25) is 0 Å². The number of ether oxygens (including phenoxy) is 3. The number of benzene rings is 1. The molecule has 0 bridgehead atoms. The second-order valence-corrected chi connectivity index (χ2v) is 6.83. The predicted octanol–water partition coefficient (Wildman–Crippen LogP) is 2.15. The Balaban J connectivity index is 1.59. The Bertz CT molecular complexity index is 739. The predicted molar refractivity (Wildman–Crippen MR) is 104 cm³/mol. The highest BCUT2D eigenvalue weighted by atomic mass is 16.5. The van der Waals surface area contributed by atoms with Crippen LogP contribution in [-0.4, -0.2) is 49.7 Å². The molecule has 1 saturated carbocycles. The van der Waals surface area contributed by atoms with E-state index < -0.39 is 0 Å². The van der Waals surface area contributed by atoms with Gasteiger partial charge in [-0.2, -0.15) is 0 Å². The lowest BCUT2D eigenvalue weighted by atomic mass is 9.89. The summed E-state index contributed by atoms with van der Waals surface area (Å²) in [6.45, 7) is 0.812. The summed E-state index contributed by atoms with van der Waals surface area (Å²) in [5, 5.41) is 11.9. The van der Waals surface area contributed by atoms with E-state index in [9.17, 15) is 0 Å². The first-order chi connectivity index (χ1) is 13.1. The van der Waals surface area contributed by atoms with Gasteiger partial charge in [-0.15, -0.1) is 10.2 Å². The van der Waals surface area contributed by atoms with E-state index in [1.807, 2.05) is 18.2 Å². The Morgan fingerprint density at radius 2 is 1.85 bits per heavy atom. The standard InChI is InChI=1S/C20H28N4O3/c1-25-18-9-8-15(10-16(18)21)22-12-13-4-6-14(7-5-13)17-11-19(26-2)20(27-3)24-23-17/h4-7,11,15-16,18,22H,8-10,12,21H2,1-3H3/t15-,16-,18-/m0/s1. The molecule has 1 aliphatic carbocycles. The minimum Gasteiger partial charge on any atom is -0.491 e. The molecule has 1 aliphatic rings. The number of nitrogens with zero attached hydrogens (tertiary/aromatic N) is 2. The van der Waals surface area contributed by atoms with Crippen molar-refractivity contribution in [2.24, 2.45) is 5.73 Å². The van der Waals surface area contributed by atoms with Crippen LogP contribution in [0.25, 0.3) is 11.3 Å². The zero-order valence-electron chi connectivity index (χ0n) is 16.1. The van der Waals surface area contributed by atoms with Crippen LogP contribution in [0.3, 0.4) is 0 Å². The van der Waals surface area contributed by atoms with Gasteiger partial charge in [-0.05, 0) is 24.8 Å². The zero-order valence-corrected chi connectivity index (χ0v) is 16.1. The van der Waals surface area contributed by atoms with Gasteiger partial charge >= 0.3 is 0 Å². The van der Waals surface area contributed by atoms with Crippen LogP contribution >= 0.6 is 0 Å². The number of nitrogens with one attached hydrogen (secondary N) is 1. The molecule has 27 heavy (non-hydrogen) atoms. The minimum atomic E-state index is 0.104. The summed E-state index contributed by atoms with van der Waals surface area (Å²) in [5.74, 6) is 0.944. The molecule has 3 N–H and O–H groups in total. The van der Waals surface area contributed by atoms with Crippen LogP contribution in [0.2, 0.25) is 0 Å². The summed E-state index contributed by atoms with van der Waals surface area (Å²) in [6, 6.07) is 10.6. The van der Waals surface area contributed by atoms with Crippen molar-refractivity contribution in [2.75, 3.05) is 21.3 Å². The smallest absolute Gasteiger partial charge is 0.276 e. The third-order valence-electron chi connectivity index (χ3n) is 5.12. The molecule has 3 rings (SSSR count). The first kappa shape index (κ1) is 19.5. The number of hydrogen-bond acceptors (Lipinski definition) is 7. The third kappa shape index (κ3) is 4.74. The Labute approximate surface area is 160 Å². The molecular formula is C20H28N4O3. The van der Waals surface area contributed by atoms with Gasteiger partial charge in [0.25, 0.3) is 5.88 Å². The molecule has 0 spiro atoms. The summed E-state index contributed by atoms with van der Waals surface area (Å²) in [5.41, 5.74) is 9.13. The number of hydrogen-bond donors (Lipinski definition) is 2. The maximum absolute atomic E-state index is 6.18. The van der Waals surface area contributed by atoms with Crippen LogP contribution in [-0.2, 0) is 11.3 Å². The molecule has 7 nitrogen and oxygen atoms in total. The molecule has 1 aromatic heterocycles. The average Bonchev–Trinajstić information content (AvgIpc) is 2.72. The molecule has 0 aliphatic heterocycles. The van der Waals surface area contributed by atoms with E-state index in [-0.39, 0.29) is 12.1 Å². The van der Waals surface area contributed by atoms with E-state index >= 15 is 0 Å². The Hall–Kier alpha value is -2.22. The largest absolute Gasteiger partial charge is 0.491 e. The normalized spacial score (nSPS) is 22.4. The van der Waals surface area contributed by atoms with Gasteiger partial charge in [-0.25, -0.2) is 0 Å². The lowest BCUT2D eigenvalue weighted by molar-refractivity contribution is 0.0457. The highest BCUT2D eigenvalue weighted by molar-refractivity contribution is 5.61. The molecule has 1 aromatic carbocycles. The van der Waals surface area contributed by atoms with Crippen LogP contribution in [0.1, 0.15) is 24.8 Å². The Morgan fingerprint density at radius 1 is 1.07 bits per heavy atom. The van der Waals surface area contributed by atoms with Gasteiger partial charge < -0.3 is 25.3 Å². The molecule has 146 valence electrons. The van der Waals surface area contributed by atoms with E-state index in [4.69, 9.17) is 19.9 Å². The molecule has 1 heterocycles. The molecule has 1 fully saturated rings. The lowest BCUT2D eigenvalue weighted by Crippen LogP contribution is -2.47. The molecule has 7 heteroatoms. The summed E-state index contributed by atoms with van der Waals surface area (Å²) >= 11 is 0. The number of rotatable bonds is 7. The fraction of sp³-hybridized carbons (Fsp3) is 0.500. The molecule has 0 radical (unpaired) electrons. The fourth-order valence-electron chi connectivity index (χ4n) is 3.50. The molecule has 2 aromatic rings. The van der Waals surface area contributed by atoms with Crippen LogP contribution < -0.4 is 20.5 Å². The first-order valence-electron chi connectivity index (χ1n) is 9.21. The van der Waals surface area contributed by atoms with Crippen molar-refractivity contribution < 1.29 is 14.2 Å². The average molecular weight is 372 g/mol. The van der Waals surface area contributed by atoms with E-state index in [1.54, 1.807) is 21.3 Å². The summed E-state index contributed by atoms with van der Waals surface area (Å²) < 4.78 is 15.8. The maximum atomic E-state index is 6.18. The Kier molecular flexibility index (Phi) is 6.60. The van der Waals surface area contributed by atoms with E-state index in [1.165, 1.54) is 5.56 Å². The third-order valence-corrected chi connectivity index (χ3v) is 5.12. The van der Waals surface area contributed by atoms with Crippen LogP contribution in [0.5, 0.6) is 11.6 Å². The van der Waals surface area contributed by atoms with Gasteiger partial charge in [0.2, 0.25) is 0 Å². The summed E-state index contributed by atoms with van der Waals surface area (Å²) in [7, 11) is 4.87. The van der Waals surface area contributed by atoms with Crippen LogP contribution in [0.15, 0.2) is 30.3 Å². The maximum Gasteiger partial charge on any atom is 0.276 e. The molecule has 3 atom stereocenters. The van der Waals surface area contributed by atoms with E-state index in [0.717, 1.165) is 37.1 Å². The van der Waals surface area contributed by atoms with Crippen molar-refractivity contribution in [1.29, 1.82) is 0 Å². The van der Waals surface area contributed by atoms with Gasteiger partial charge in [0.1, 0.15) is 0 Å². The lowest BCUT2D eigenvalue weighted by Gasteiger charge is -2.33. The minimum absolute atomic E-state index is 0.104. The number of nitrogens with two attached hydrogens (primary N) is 1. The molecule has 0 amide bonds. The van der Waals surface area contributed by atoms with Gasteiger partial charge in [0.15, 0.2) is 5.75 Å². The van der Waals surface area contributed by atoms with Gasteiger partial charge in [0.05, 0.1) is 26.0 Å². The van der Waals surface area contributed by atoms with Crippen LogP contribution in [0.4, 0.5) is 0 Å². The number of aromatic nitrogens is 2. The summed E-state index contributed by atoms with van der Waals surface area (Å²) in [4.78, 5) is 0. The van der Waals surface area contributed by atoms with E-state index in [0.29, 0.717) is 17.7 Å². The van der Waals surface area contributed by atoms with Gasteiger partial charge in [-0.1, -0.05) is 24.3 Å². The van der Waals surface area contributed by atoms with Crippen molar-refractivity contribution in [3.05, 3.63) is 35.9 Å². The Morgan fingerprint density at radius 3 is 2.48 bits per heavy atom. The first-order valence-corrected chi connectivity index (χ1v) is 9.21.